The summed E-state index contributed by atoms with van der Waals surface area (Å²) in [7, 11) is 2.04. The summed E-state index contributed by atoms with van der Waals surface area (Å²) in [5.74, 6) is 0.886. The van der Waals surface area contributed by atoms with E-state index in [-0.39, 0.29) is 0 Å². The van der Waals surface area contributed by atoms with Gasteiger partial charge in [-0.05, 0) is 56.3 Å². The summed E-state index contributed by atoms with van der Waals surface area (Å²) in [6.45, 7) is 4.33. The number of anilines is 3. The maximum Gasteiger partial charge on any atom is 0.214 e. The Morgan fingerprint density at radius 2 is 1.45 bits per heavy atom. The van der Waals surface area contributed by atoms with E-state index in [1.165, 1.54) is 10.8 Å². The van der Waals surface area contributed by atoms with E-state index in [9.17, 15) is 0 Å². The molecule has 0 amide bonds. The van der Waals surface area contributed by atoms with Crippen molar-refractivity contribution in [2.75, 3.05) is 4.90 Å². The van der Waals surface area contributed by atoms with Gasteiger partial charge in [0.2, 0.25) is 5.95 Å². The zero-order valence-electron chi connectivity index (χ0n) is 22.8. The zero-order chi connectivity index (χ0) is 27.2. The number of aryl methyl sites for hydroxylation is 1. The molecule has 40 heavy (non-hydrogen) atoms. The van der Waals surface area contributed by atoms with E-state index in [0.29, 0.717) is 6.04 Å². The molecule has 0 spiro atoms. The lowest BCUT2D eigenvalue weighted by Crippen LogP contribution is -2.10. The normalized spacial score (nSPS) is 11.6. The first-order valence-electron chi connectivity index (χ1n) is 13.6. The number of fused-ring (bicyclic) bond motifs is 3. The van der Waals surface area contributed by atoms with Crippen LogP contribution in [-0.2, 0) is 7.05 Å². The second kappa shape index (κ2) is 9.58. The maximum atomic E-state index is 4.71. The molecular weight excluding hydrogens is 492 g/mol. The van der Waals surface area contributed by atoms with Crippen LogP contribution in [0.5, 0.6) is 0 Å². The molecule has 3 aromatic heterocycles. The Hall–Kier alpha value is -5.10. The monoisotopic (exact) mass is 522 g/mol. The van der Waals surface area contributed by atoms with Crippen molar-refractivity contribution in [2.45, 2.75) is 19.9 Å². The maximum absolute atomic E-state index is 4.71. The van der Waals surface area contributed by atoms with Gasteiger partial charge in [-0.25, -0.2) is 9.97 Å². The molecule has 0 unspecified atom stereocenters. The largest absolute Gasteiger partial charge is 0.334 e. The highest BCUT2D eigenvalue weighted by atomic mass is 15.2. The van der Waals surface area contributed by atoms with Crippen molar-refractivity contribution in [1.82, 2.24) is 23.7 Å². The van der Waals surface area contributed by atoms with E-state index in [1.807, 2.05) is 25.8 Å². The molecule has 4 aromatic carbocycles. The average molecular weight is 523 g/mol. The average Bonchev–Trinajstić information content (AvgIpc) is 3.71. The van der Waals surface area contributed by atoms with Gasteiger partial charge in [0.15, 0.2) is 0 Å². The summed E-state index contributed by atoms with van der Waals surface area (Å²) in [6.07, 6.45) is 7.87. The second-order valence-electron chi connectivity index (χ2n) is 10.4. The summed E-state index contributed by atoms with van der Waals surface area (Å²) >= 11 is 0. The number of nitrogens with zero attached hydrogens (tertiary/aromatic N) is 6. The Morgan fingerprint density at radius 3 is 2.23 bits per heavy atom. The van der Waals surface area contributed by atoms with Gasteiger partial charge in [0.25, 0.3) is 0 Å². The molecule has 7 aromatic rings. The fourth-order valence-corrected chi connectivity index (χ4v) is 5.48. The smallest absolute Gasteiger partial charge is 0.214 e. The predicted octanol–water partition coefficient (Wildman–Crippen LogP) is 8.43. The molecule has 7 rings (SSSR count). The second-order valence-corrected chi connectivity index (χ2v) is 10.4. The number of hydrogen-bond acceptors (Lipinski definition) is 3. The molecule has 0 N–H and O–H groups in total. The lowest BCUT2D eigenvalue weighted by Gasteiger charge is -2.26. The van der Waals surface area contributed by atoms with Crippen LogP contribution in [0.4, 0.5) is 17.1 Å². The van der Waals surface area contributed by atoms with E-state index < -0.39 is 0 Å². The van der Waals surface area contributed by atoms with Crippen LogP contribution in [0.2, 0.25) is 0 Å². The van der Waals surface area contributed by atoms with E-state index in [0.717, 1.165) is 45.3 Å². The van der Waals surface area contributed by atoms with Crippen LogP contribution in [0.1, 0.15) is 19.9 Å². The Morgan fingerprint density at radius 1 is 0.700 bits per heavy atom. The molecule has 0 aliphatic heterocycles. The van der Waals surface area contributed by atoms with Crippen molar-refractivity contribution in [3.8, 4) is 17.2 Å². The molecule has 0 saturated carbocycles. The number of imidazole rings is 2. The molecule has 6 nitrogen and oxygen atoms in total. The molecule has 0 aliphatic carbocycles. The van der Waals surface area contributed by atoms with Gasteiger partial charge < -0.3 is 14.0 Å². The van der Waals surface area contributed by atoms with Crippen LogP contribution in [0, 0.1) is 0 Å². The first kappa shape index (κ1) is 24.0. The molecule has 0 fully saturated rings. The summed E-state index contributed by atoms with van der Waals surface area (Å²) in [4.78, 5) is 11.7. The molecule has 0 atom stereocenters. The Bertz CT molecular complexity index is 1960. The molecule has 0 aliphatic rings. The summed E-state index contributed by atoms with van der Waals surface area (Å²) in [5, 5.41) is 2.41. The van der Waals surface area contributed by atoms with E-state index in [1.54, 1.807) is 0 Å². The van der Waals surface area contributed by atoms with Crippen LogP contribution in [0.15, 0.2) is 122 Å². The lowest BCUT2D eigenvalue weighted by molar-refractivity contribution is 0.600. The predicted molar refractivity (Wildman–Crippen MR) is 164 cm³/mol. The fraction of sp³-hybridized carbons (Fsp3) is 0.118. The van der Waals surface area contributed by atoms with Crippen molar-refractivity contribution in [3.63, 3.8) is 0 Å². The van der Waals surface area contributed by atoms with Crippen LogP contribution in [0.3, 0.4) is 0 Å². The van der Waals surface area contributed by atoms with Crippen molar-refractivity contribution >= 4 is 38.9 Å². The number of para-hydroxylation sites is 2. The summed E-state index contributed by atoms with van der Waals surface area (Å²) in [6, 6.07) is 34.8. The molecule has 6 heteroatoms. The quantitative estimate of drug-likeness (QED) is 0.220. The van der Waals surface area contributed by atoms with Crippen LogP contribution < -0.4 is 4.90 Å². The summed E-state index contributed by atoms with van der Waals surface area (Å²) < 4.78 is 6.46. The first-order valence-corrected chi connectivity index (χ1v) is 13.6. The molecule has 0 radical (unpaired) electrons. The van der Waals surface area contributed by atoms with Crippen LogP contribution in [-0.4, -0.2) is 23.7 Å². The lowest BCUT2D eigenvalue weighted by atomic mass is 10.1. The van der Waals surface area contributed by atoms with Gasteiger partial charge in [0.05, 0.1) is 23.1 Å². The van der Waals surface area contributed by atoms with Gasteiger partial charge in [-0.2, -0.15) is 0 Å². The third kappa shape index (κ3) is 3.96. The highest BCUT2D eigenvalue weighted by Gasteiger charge is 2.19. The minimum Gasteiger partial charge on any atom is -0.334 e. The van der Waals surface area contributed by atoms with Gasteiger partial charge in [0.1, 0.15) is 0 Å². The minimum absolute atomic E-state index is 0.363. The Labute approximate surface area is 233 Å². The van der Waals surface area contributed by atoms with E-state index >= 15 is 0 Å². The molecule has 0 saturated heterocycles. The third-order valence-corrected chi connectivity index (χ3v) is 7.52. The molecular formula is C34H30N6. The topological polar surface area (TPSA) is 43.8 Å². The Kier molecular flexibility index (Phi) is 5.74. The number of aromatic nitrogens is 5. The zero-order valence-corrected chi connectivity index (χ0v) is 22.8. The summed E-state index contributed by atoms with van der Waals surface area (Å²) in [5.41, 5.74) is 7.53. The number of hydrogen-bond donors (Lipinski definition) is 0. The van der Waals surface area contributed by atoms with Gasteiger partial charge >= 0.3 is 0 Å². The van der Waals surface area contributed by atoms with Crippen LogP contribution in [0.25, 0.3) is 39.0 Å². The Balaban J connectivity index is 1.44. The molecule has 3 heterocycles. The number of rotatable bonds is 6. The van der Waals surface area contributed by atoms with Gasteiger partial charge in [-0.1, -0.05) is 54.6 Å². The highest BCUT2D eigenvalue weighted by Crippen LogP contribution is 2.40. The van der Waals surface area contributed by atoms with Crippen LogP contribution >= 0.6 is 0 Å². The van der Waals surface area contributed by atoms with Crippen molar-refractivity contribution in [1.29, 1.82) is 0 Å². The van der Waals surface area contributed by atoms with Gasteiger partial charge in [-0.3, -0.25) is 4.57 Å². The van der Waals surface area contributed by atoms with E-state index in [2.05, 4.69) is 136 Å². The van der Waals surface area contributed by atoms with Crippen molar-refractivity contribution < 1.29 is 0 Å². The molecule has 0 bridgehead atoms. The van der Waals surface area contributed by atoms with Crippen molar-refractivity contribution in [2.24, 2.45) is 7.05 Å². The van der Waals surface area contributed by atoms with Gasteiger partial charge in [-0.15, -0.1) is 0 Å². The standard InChI is InChI=1S/C34H30N6/c1-24(2)38-22-31(36-23-38)25-10-9-13-27(20-25)39(26-11-5-4-6-12-26)28-16-17-30-29-14-7-8-15-32(29)40(33(30)21-28)34-35-18-19-37(34)3/h4-24H,1-3H3. The minimum atomic E-state index is 0.363. The first-order chi connectivity index (χ1) is 19.6. The molecule has 196 valence electrons. The third-order valence-electron chi connectivity index (χ3n) is 7.52. The van der Waals surface area contributed by atoms with Gasteiger partial charge in [0, 0.05) is 65.1 Å². The highest BCUT2D eigenvalue weighted by molar-refractivity contribution is 6.10. The van der Waals surface area contributed by atoms with E-state index in [4.69, 9.17) is 9.97 Å². The number of benzene rings is 4. The fourth-order valence-electron chi connectivity index (χ4n) is 5.48. The SMILES string of the molecule is CC(C)n1cnc(-c2cccc(N(c3ccccc3)c3ccc4c5ccccc5n(-c5nccn5C)c4c3)c2)c1. The van der Waals surface area contributed by atoms with Crippen molar-refractivity contribution in [3.05, 3.63) is 122 Å².